The summed E-state index contributed by atoms with van der Waals surface area (Å²) >= 11 is 3.64. The molecule has 120 valence electrons. The number of hydrogen-bond donors (Lipinski definition) is 0. The number of nitrogens with zero attached hydrogens (tertiary/aromatic N) is 2. The molecule has 0 N–H and O–H groups in total. The van der Waals surface area contributed by atoms with Gasteiger partial charge in [-0.05, 0) is 28.1 Å². The summed E-state index contributed by atoms with van der Waals surface area (Å²) in [6.07, 6.45) is 0. The molecule has 0 bridgehead atoms. The highest BCUT2D eigenvalue weighted by atomic mass is 79.9. The van der Waals surface area contributed by atoms with E-state index in [1.807, 2.05) is 0 Å². The number of rotatable bonds is 2. The van der Waals surface area contributed by atoms with E-state index in [4.69, 9.17) is 0 Å². The van der Waals surface area contributed by atoms with Crippen molar-refractivity contribution < 1.29 is 4.79 Å². The number of halogens is 1. The molecule has 0 spiro atoms. The van der Waals surface area contributed by atoms with Crippen LogP contribution in [0.1, 0.15) is 27.7 Å². The number of carbonyl (C=O) groups excluding carboxylic acids is 1. The Morgan fingerprint density at radius 3 is 2.09 bits per heavy atom. The zero-order valence-corrected chi connectivity index (χ0v) is 15.5. The maximum absolute atomic E-state index is 12.3. The van der Waals surface area contributed by atoms with Crippen molar-refractivity contribution in [3.05, 3.63) is 28.7 Å². The molecule has 3 nitrogen and oxygen atoms in total. The van der Waals surface area contributed by atoms with E-state index >= 15 is 0 Å². The lowest BCUT2D eigenvalue weighted by Crippen LogP contribution is -2.72. The number of piperazine rings is 1. The largest absolute Gasteiger partial charge is 0.368 e. The van der Waals surface area contributed by atoms with E-state index in [0.717, 1.165) is 30.7 Å². The van der Waals surface area contributed by atoms with E-state index in [1.54, 1.807) is 0 Å². The van der Waals surface area contributed by atoms with Gasteiger partial charge < -0.3 is 4.90 Å². The van der Waals surface area contributed by atoms with Gasteiger partial charge in [-0.3, -0.25) is 9.69 Å². The van der Waals surface area contributed by atoms with E-state index in [-0.39, 0.29) is 10.8 Å². The van der Waals surface area contributed by atoms with E-state index in [2.05, 4.69) is 77.7 Å². The Morgan fingerprint density at radius 2 is 1.55 bits per heavy atom. The zero-order valence-electron chi connectivity index (χ0n) is 13.9. The number of Topliss-reactive ketones (excluding diaryl/α,β-unsaturated/α-hetero) is 1. The molecule has 2 fully saturated rings. The van der Waals surface area contributed by atoms with Gasteiger partial charge in [0.05, 0.1) is 5.69 Å². The van der Waals surface area contributed by atoms with Crippen molar-refractivity contribution in [2.45, 2.75) is 33.7 Å². The fourth-order valence-electron chi connectivity index (χ4n) is 4.75. The Labute approximate surface area is 141 Å². The van der Waals surface area contributed by atoms with Crippen molar-refractivity contribution in [2.24, 2.45) is 10.8 Å². The summed E-state index contributed by atoms with van der Waals surface area (Å²) in [5.41, 5.74) is 0.850. The summed E-state index contributed by atoms with van der Waals surface area (Å²) in [4.78, 5) is 17.3. The van der Waals surface area contributed by atoms with Crippen LogP contribution in [0.25, 0.3) is 0 Å². The van der Waals surface area contributed by atoms with Crippen molar-refractivity contribution in [3.8, 4) is 0 Å². The molecule has 0 aromatic heterocycles. The standard InChI is InChI=1S/C18H25BrN2O/c1-17(2)15(18(3,4)16(17)22)21-11-9-20(10-12-21)14-8-6-5-7-13(14)19/h5-8,15H,9-12H2,1-4H3. The molecule has 2 aliphatic rings. The Hall–Kier alpha value is -0.870. The Morgan fingerprint density at radius 1 is 1.00 bits per heavy atom. The van der Waals surface area contributed by atoms with Crippen LogP contribution in [0.15, 0.2) is 28.7 Å². The van der Waals surface area contributed by atoms with E-state index in [9.17, 15) is 4.79 Å². The molecule has 1 aromatic rings. The number of benzene rings is 1. The first-order chi connectivity index (χ1) is 10.3. The summed E-state index contributed by atoms with van der Waals surface area (Å²) in [5, 5.41) is 0. The van der Waals surface area contributed by atoms with Crippen molar-refractivity contribution in [1.82, 2.24) is 4.90 Å². The average Bonchev–Trinajstić information content (AvgIpc) is 2.47. The minimum Gasteiger partial charge on any atom is -0.368 e. The molecule has 1 heterocycles. The molecule has 1 saturated carbocycles. The van der Waals surface area contributed by atoms with E-state index < -0.39 is 0 Å². The van der Waals surface area contributed by atoms with Gasteiger partial charge in [-0.1, -0.05) is 39.8 Å². The van der Waals surface area contributed by atoms with Gasteiger partial charge in [-0.25, -0.2) is 0 Å². The average molecular weight is 365 g/mol. The molecule has 0 amide bonds. The number of ketones is 1. The lowest BCUT2D eigenvalue weighted by atomic mass is 9.50. The fourth-order valence-corrected chi connectivity index (χ4v) is 5.28. The highest BCUT2D eigenvalue weighted by molar-refractivity contribution is 9.10. The molecule has 0 unspecified atom stereocenters. The van der Waals surface area contributed by atoms with Crippen LogP contribution in [0.5, 0.6) is 0 Å². The third-order valence-electron chi connectivity index (χ3n) is 5.41. The second kappa shape index (κ2) is 5.34. The minimum atomic E-state index is -0.209. The molecule has 1 saturated heterocycles. The molecule has 22 heavy (non-hydrogen) atoms. The molecular weight excluding hydrogens is 340 g/mol. The SMILES string of the molecule is CC1(C)C(=O)C(C)(C)C1N1CCN(c2ccccc2Br)CC1. The van der Waals surface area contributed by atoms with Crippen molar-refractivity contribution >= 4 is 27.4 Å². The van der Waals surface area contributed by atoms with Gasteiger partial charge >= 0.3 is 0 Å². The van der Waals surface area contributed by atoms with Gasteiger partial charge in [-0.15, -0.1) is 0 Å². The molecule has 1 aliphatic carbocycles. The van der Waals surface area contributed by atoms with Crippen LogP contribution in [-0.4, -0.2) is 42.9 Å². The van der Waals surface area contributed by atoms with Crippen LogP contribution in [-0.2, 0) is 4.79 Å². The van der Waals surface area contributed by atoms with Crippen LogP contribution in [0.2, 0.25) is 0 Å². The third-order valence-corrected chi connectivity index (χ3v) is 6.08. The summed E-state index contributed by atoms with van der Waals surface area (Å²) in [7, 11) is 0. The van der Waals surface area contributed by atoms with Gasteiger partial charge in [0.25, 0.3) is 0 Å². The van der Waals surface area contributed by atoms with Gasteiger partial charge in [0.15, 0.2) is 0 Å². The first-order valence-corrected chi connectivity index (χ1v) is 8.84. The summed E-state index contributed by atoms with van der Waals surface area (Å²) in [5.74, 6) is 0.401. The maximum Gasteiger partial charge on any atom is 0.147 e. The Kier molecular flexibility index (Phi) is 3.89. The highest BCUT2D eigenvalue weighted by Crippen LogP contribution is 2.53. The second-order valence-corrected chi connectivity index (χ2v) is 8.50. The monoisotopic (exact) mass is 364 g/mol. The predicted octanol–water partition coefficient (Wildman–Crippen LogP) is 3.57. The normalized spacial score (nSPS) is 25.1. The summed E-state index contributed by atoms with van der Waals surface area (Å²) in [6, 6.07) is 8.76. The number of anilines is 1. The van der Waals surface area contributed by atoms with Crippen LogP contribution in [0.3, 0.4) is 0 Å². The van der Waals surface area contributed by atoms with Crippen molar-refractivity contribution in [2.75, 3.05) is 31.1 Å². The number of para-hydroxylation sites is 1. The predicted molar refractivity (Wildman–Crippen MR) is 94.3 cm³/mol. The smallest absolute Gasteiger partial charge is 0.147 e. The first-order valence-electron chi connectivity index (χ1n) is 8.04. The van der Waals surface area contributed by atoms with Crippen LogP contribution in [0, 0.1) is 10.8 Å². The molecule has 4 heteroatoms. The van der Waals surface area contributed by atoms with Crippen LogP contribution >= 0.6 is 15.9 Å². The minimum absolute atomic E-state index is 0.209. The van der Waals surface area contributed by atoms with Crippen LogP contribution in [0.4, 0.5) is 5.69 Å². The van der Waals surface area contributed by atoms with Gasteiger partial charge in [-0.2, -0.15) is 0 Å². The lowest BCUT2D eigenvalue weighted by molar-refractivity contribution is -0.170. The summed E-state index contributed by atoms with van der Waals surface area (Å²) < 4.78 is 1.16. The molecule has 0 atom stereocenters. The third kappa shape index (κ3) is 2.31. The van der Waals surface area contributed by atoms with Gasteiger partial charge in [0.2, 0.25) is 0 Å². The number of carbonyl (C=O) groups is 1. The molecule has 0 radical (unpaired) electrons. The molecule has 1 aromatic carbocycles. The van der Waals surface area contributed by atoms with Gasteiger partial charge in [0.1, 0.15) is 5.78 Å². The fraction of sp³-hybridized carbons (Fsp3) is 0.611. The lowest BCUT2D eigenvalue weighted by Gasteiger charge is -2.60. The van der Waals surface area contributed by atoms with Crippen LogP contribution < -0.4 is 4.90 Å². The van der Waals surface area contributed by atoms with E-state index in [0.29, 0.717) is 11.8 Å². The Balaban J connectivity index is 1.70. The molecule has 3 rings (SSSR count). The molecular formula is C18H25BrN2O. The quantitative estimate of drug-likeness (QED) is 0.801. The molecule has 1 aliphatic heterocycles. The summed E-state index contributed by atoms with van der Waals surface area (Å²) in [6.45, 7) is 12.5. The van der Waals surface area contributed by atoms with E-state index in [1.165, 1.54) is 5.69 Å². The maximum atomic E-state index is 12.3. The van der Waals surface area contributed by atoms with Crippen molar-refractivity contribution in [1.29, 1.82) is 0 Å². The first kappa shape index (κ1) is 16.0. The second-order valence-electron chi connectivity index (χ2n) is 7.65. The van der Waals surface area contributed by atoms with Crippen molar-refractivity contribution in [3.63, 3.8) is 0 Å². The Bertz CT molecular complexity index is 571. The number of hydrogen-bond acceptors (Lipinski definition) is 3. The topological polar surface area (TPSA) is 23.6 Å². The zero-order chi connectivity index (χ0) is 16.1. The van der Waals surface area contributed by atoms with Gasteiger partial charge in [0, 0.05) is 47.5 Å². The highest BCUT2D eigenvalue weighted by Gasteiger charge is 2.63.